The van der Waals surface area contributed by atoms with E-state index >= 15 is 0 Å². The van der Waals surface area contributed by atoms with Gasteiger partial charge >= 0.3 is 12.1 Å². The molecule has 4 atom stereocenters. The van der Waals surface area contributed by atoms with Crippen molar-refractivity contribution in [3.8, 4) is 0 Å². The van der Waals surface area contributed by atoms with Gasteiger partial charge in [0, 0.05) is 51.6 Å². The van der Waals surface area contributed by atoms with Gasteiger partial charge in [-0.05, 0) is 76.8 Å². The second kappa shape index (κ2) is 16.8. The lowest BCUT2D eigenvalue weighted by atomic mass is 9.80. The average molecular weight is 673 g/mol. The largest absolute Gasteiger partial charge is 0.457 e. The summed E-state index contributed by atoms with van der Waals surface area (Å²) < 4.78 is 26.1. The first-order valence-corrected chi connectivity index (χ1v) is 17.9. The zero-order chi connectivity index (χ0) is 35.9. The number of fused-ring (bicyclic) bond motifs is 1. The molecule has 0 saturated carbocycles. The number of benzene rings is 1. The van der Waals surface area contributed by atoms with E-state index in [1.807, 2.05) is 57.6 Å². The Morgan fingerprint density at radius 3 is 2.44 bits per heavy atom. The smallest absolute Gasteiger partial charge is 0.412 e. The third-order valence-electron chi connectivity index (χ3n) is 9.29. The van der Waals surface area contributed by atoms with Gasteiger partial charge in [0.25, 0.3) is 0 Å². The molecule has 1 aliphatic rings. The van der Waals surface area contributed by atoms with Gasteiger partial charge in [-0.3, -0.25) is 14.4 Å². The van der Waals surface area contributed by atoms with Gasteiger partial charge in [-0.2, -0.15) is 5.10 Å². The van der Waals surface area contributed by atoms with Gasteiger partial charge < -0.3 is 24.3 Å². The number of aromatic nitrogens is 2. The van der Waals surface area contributed by atoms with E-state index < -0.39 is 23.5 Å². The van der Waals surface area contributed by atoms with Crippen LogP contribution >= 0.6 is 0 Å². The lowest BCUT2D eigenvalue weighted by Gasteiger charge is -2.38. The minimum absolute atomic E-state index is 0.113. The molecule has 10 nitrogen and oxygen atoms in total. The number of hydrogen-bond donors (Lipinski definition) is 1. The predicted octanol–water partition coefficient (Wildman–Crippen LogP) is 7.89. The molecule has 1 aromatic carbocycles. The van der Waals surface area contributed by atoms with Crippen molar-refractivity contribution in [2.45, 2.75) is 144 Å². The SMILES string of the molecule is CCCCC(C)(C)CNC[C@@H]1OC(C)(C)N(C(=O)OC(C)(C)C)[C@H]1CC(C(C)C)[C@H](OC(C)=O)c1ccc2cnn(CCCOC)c2c1. The van der Waals surface area contributed by atoms with Gasteiger partial charge in [-0.15, -0.1) is 0 Å². The molecule has 1 amide bonds. The standard InChI is InChI=1S/C38H64N4O6/c1-13-14-18-37(8,9)25-39-24-33-32(42(38(10,11)47-33)35(44)48-36(5,6)7)22-30(26(2)3)34(46-27(4)43)28-16-17-29-23-40-41(31(29)21-28)19-15-20-45-12/h16-17,21,23,26,30,32-34,39H,13-15,18-20,22,24-25H2,1-12H3/t30?,32-,33-,34+/m0/s1. The van der Waals surface area contributed by atoms with Crippen molar-refractivity contribution in [1.82, 2.24) is 20.0 Å². The highest BCUT2D eigenvalue weighted by Gasteiger charge is 2.52. The van der Waals surface area contributed by atoms with Gasteiger partial charge in [0.2, 0.25) is 0 Å². The van der Waals surface area contributed by atoms with E-state index in [0.29, 0.717) is 19.6 Å². The number of unbranched alkanes of at least 4 members (excludes halogenated alkanes) is 1. The Hall–Kier alpha value is -2.69. The van der Waals surface area contributed by atoms with E-state index in [4.69, 9.17) is 18.9 Å². The summed E-state index contributed by atoms with van der Waals surface area (Å²) in [5.41, 5.74) is 0.455. The van der Waals surface area contributed by atoms with Crippen LogP contribution in [0.1, 0.15) is 120 Å². The van der Waals surface area contributed by atoms with Gasteiger partial charge in [-0.25, -0.2) is 4.79 Å². The molecular formula is C38H64N4O6. The Labute approximate surface area is 289 Å². The molecule has 1 aliphatic heterocycles. The molecule has 0 radical (unpaired) electrons. The van der Waals surface area contributed by atoms with Crippen molar-refractivity contribution < 1.29 is 28.5 Å². The molecule has 1 saturated heterocycles. The molecule has 0 spiro atoms. The lowest BCUT2D eigenvalue weighted by Crippen LogP contribution is -2.52. The first kappa shape index (κ1) is 39.7. The summed E-state index contributed by atoms with van der Waals surface area (Å²) in [6.45, 7) is 24.8. The van der Waals surface area contributed by atoms with Crippen LogP contribution in [0.3, 0.4) is 0 Å². The molecule has 1 aromatic heterocycles. The second-order valence-corrected chi connectivity index (χ2v) is 16.1. The number of rotatable bonds is 17. The Bertz CT molecular complexity index is 1330. The quantitative estimate of drug-likeness (QED) is 0.134. The molecule has 48 heavy (non-hydrogen) atoms. The molecule has 0 aliphatic carbocycles. The number of esters is 1. The summed E-state index contributed by atoms with van der Waals surface area (Å²) in [4.78, 5) is 28.4. The number of nitrogens with one attached hydrogen (secondary N) is 1. The van der Waals surface area contributed by atoms with Crippen LogP contribution in [-0.2, 0) is 30.3 Å². The summed E-state index contributed by atoms with van der Waals surface area (Å²) in [7, 11) is 1.70. The van der Waals surface area contributed by atoms with Crippen LogP contribution in [0, 0.1) is 17.3 Å². The summed E-state index contributed by atoms with van der Waals surface area (Å²) >= 11 is 0. The Kier molecular flexibility index (Phi) is 13.9. The van der Waals surface area contributed by atoms with Gasteiger partial charge in [-0.1, -0.05) is 59.6 Å². The highest BCUT2D eigenvalue weighted by Crippen LogP contribution is 2.42. The van der Waals surface area contributed by atoms with Crippen LogP contribution < -0.4 is 5.32 Å². The molecule has 2 aromatic rings. The maximum atomic E-state index is 13.9. The van der Waals surface area contributed by atoms with E-state index in [1.54, 1.807) is 12.0 Å². The second-order valence-electron chi connectivity index (χ2n) is 16.1. The van der Waals surface area contributed by atoms with E-state index in [2.05, 4.69) is 51.1 Å². The van der Waals surface area contributed by atoms with Crippen LogP contribution in [-0.4, -0.2) is 77.0 Å². The molecule has 1 unspecified atom stereocenters. The molecule has 272 valence electrons. The Morgan fingerprint density at radius 2 is 1.83 bits per heavy atom. The third kappa shape index (κ3) is 10.9. The molecular weight excluding hydrogens is 608 g/mol. The first-order valence-electron chi connectivity index (χ1n) is 17.9. The van der Waals surface area contributed by atoms with Gasteiger partial charge in [0.05, 0.1) is 23.9 Å². The molecule has 0 bridgehead atoms. The van der Waals surface area contributed by atoms with Crippen molar-refractivity contribution in [1.29, 1.82) is 0 Å². The fraction of sp³-hybridized carbons (Fsp3) is 0.763. The summed E-state index contributed by atoms with van der Waals surface area (Å²) in [6.07, 6.45) is 5.50. The van der Waals surface area contributed by atoms with E-state index in [1.165, 1.54) is 19.8 Å². The van der Waals surface area contributed by atoms with Crippen LogP contribution in [0.5, 0.6) is 0 Å². The van der Waals surface area contributed by atoms with Crippen LogP contribution in [0.25, 0.3) is 10.9 Å². The number of nitrogens with zero attached hydrogens (tertiary/aromatic N) is 3. The van der Waals surface area contributed by atoms with Crippen molar-refractivity contribution in [2.75, 3.05) is 26.8 Å². The Balaban J connectivity index is 2.01. The maximum absolute atomic E-state index is 13.9. The Morgan fingerprint density at radius 1 is 1.12 bits per heavy atom. The number of methoxy groups -OCH3 is 1. The van der Waals surface area contributed by atoms with Crippen LogP contribution in [0.15, 0.2) is 24.4 Å². The summed E-state index contributed by atoms with van der Waals surface area (Å²) in [5, 5.41) is 9.32. The fourth-order valence-electron chi connectivity index (χ4n) is 6.88. The minimum atomic E-state index is -0.900. The van der Waals surface area contributed by atoms with Crippen molar-refractivity contribution in [2.24, 2.45) is 17.3 Å². The van der Waals surface area contributed by atoms with Crippen LogP contribution in [0.2, 0.25) is 0 Å². The highest BCUT2D eigenvalue weighted by atomic mass is 16.6. The third-order valence-corrected chi connectivity index (χ3v) is 9.29. The van der Waals surface area contributed by atoms with E-state index in [0.717, 1.165) is 42.4 Å². The topological polar surface area (TPSA) is 104 Å². The number of carbonyl (C=O) groups excluding carboxylic acids is 2. The number of carbonyl (C=O) groups is 2. The first-order chi connectivity index (χ1) is 22.4. The number of amides is 1. The molecule has 1 fully saturated rings. The zero-order valence-corrected chi connectivity index (χ0v) is 31.9. The van der Waals surface area contributed by atoms with Crippen molar-refractivity contribution >= 4 is 23.0 Å². The average Bonchev–Trinajstić information content (AvgIpc) is 3.48. The fourth-order valence-corrected chi connectivity index (χ4v) is 6.88. The maximum Gasteiger partial charge on any atom is 0.412 e. The molecule has 2 heterocycles. The van der Waals surface area contributed by atoms with Crippen molar-refractivity contribution in [3.63, 3.8) is 0 Å². The van der Waals surface area contributed by atoms with Gasteiger partial charge in [0.15, 0.2) is 0 Å². The molecule has 10 heteroatoms. The van der Waals surface area contributed by atoms with Crippen molar-refractivity contribution in [3.05, 3.63) is 30.0 Å². The summed E-state index contributed by atoms with van der Waals surface area (Å²) in [6, 6.07) is 5.84. The molecule has 1 N–H and O–H groups in total. The van der Waals surface area contributed by atoms with Gasteiger partial charge in [0.1, 0.15) is 17.4 Å². The van der Waals surface area contributed by atoms with E-state index in [-0.39, 0.29) is 35.4 Å². The normalized spacial score (nSPS) is 19.6. The summed E-state index contributed by atoms with van der Waals surface area (Å²) in [5.74, 6) is -0.367. The lowest BCUT2D eigenvalue weighted by molar-refractivity contribution is -0.151. The number of ether oxygens (including phenoxy) is 4. The molecule has 3 rings (SSSR count). The number of hydrogen-bond acceptors (Lipinski definition) is 8. The van der Waals surface area contributed by atoms with E-state index in [9.17, 15) is 9.59 Å². The highest BCUT2D eigenvalue weighted by molar-refractivity contribution is 5.79. The number of aryl methyl sites for hydroxylation is 1. The minimum Gasteiger partial charge on any atom is -0.457 e. The van der Waals surface area contributed by atoms with Crippen LogP contribution in [0.4, 0.5) is 4.79 Å². The predicted molar refractivity (Wildman–Crippen MR) is 191 cm³/mol. The zero-order valence-electron chi connectivity index (χ0n) is 31.9. The monoisotopic (exact) mass is 672 g/mol.